The van der Waals surface area contributed by atoms with E-state index in [1.807, 2.05) is 6.92 Å². The van der Waals surface area contributed by atoms with Crippen molar-refractivity contribution in [3.8, 4) is 0 Å². The van der Waals surface area contributed by atoms with Gasteiger partial charge in [0.25, 0.3) is 15.7 Å². The van der Waals surface area contributed by atoms with E-state index in [2.05, 4.69) is 14.7 Å². The van der Waals surface area contributed by atoms with Crippen molar-refractivity contribution in [1.29, 1.82) is 0 Å². The van der Waals surface area contributed by atoms with E-state index in [0.717, 1.165) is 12.3 Å². The van der Waals surface area contributed by atoms with Gasteiger partial charge in [0.15, 0.2) is 5.03 Å². The molecule has 0 aliphatic carbocycles. The van der Waals surface area contributed by atoms with Crippen molar-refractivity contribution in [3.63, 3.8) is 0 Å². The second-order valence-corrected chi connectivity index (χ2v) is 6.16. The number of halogens is 1. The zero-order valence-electron chi connectivity index (χ0n) is 10.8. The predicted octanol–water partition coefficient (Wildman–Crippen LogP) is 2.33. The fourth-order valence-electron chi connectivity index (χ4n) is 1.61. The fraction of sp³-hybridized carbons (Fsp3) is 0.182. The lowest BCUT2D eigenvalue weighted by Gasteiger charge is -2.07. The molecular weight excluding hydrogens is 320 g/mol. The van der Waals surface area contributed by atoms with Gasteiger partial charge in [0.1, 0.15) is 11.5 Å². The lowest BCUT2D eigenvalue weighted by molar-refractivity contribution is -0.383. The van der Waals surface area contributed by atoms with Crippen molar-refractivity contribution in [1.82, 2.24) is 9.97 Å². The number of nitrogens with one attached hydrogen (secondary N) is 2. The number of imidazole rings is 1. The molecule has 0 aliphatic rings. The number of nitrogens with zero attached hydrogens (tertiary/aromatic N) is 2. The first-order chi connectivity index (χ1) is 9.83. The summed E-state index contributed by atoms with van der Waals surface area (Å²) in [7, 11) is -4.01. The van der Waals surface area contributed by atoms with E-state index in [4.69, 9.17) is 11.6 Å². The smallest absolute Gasteiger partial charge is 0.293 e. The number of hydrogen-bond donors (Lipinski definition) is 2. The third-order valence-electron chi connectivity index (χ3n) is 2.63. The fourth-order valence-corrected chi connectivity index (χ4v) is 2.79. The molecule has 21 heavy (non-hydrogen) atoms. The number of aryl methyl sites for hydroxylation is 1. The Morgan fingerprint density at radius 3 is 2.76 bits per heavy atom. The quantitative estimate of drug-likeness (QED) is 0.644. The van der Waals surface area contributed by atoms with Crippen molar-refractivity contribution in [2.24, 2.45) is 0 Å². The molecule has 1 aromatic heterocycles. The van der Waals surface area contributed by atoms with Crippen LogP contribution in [-0.2, 0) is 16.4 Å². The van der Waals surface area contributed by atoms with Gasteiger partial charge in [-0.05, 0) is 12.1 Å². The number of hydrogen-bond acceptors (Lipinski definition) is 5. The molecule has 0 aliphatic heterocycles. The minimum absolute atomic E-state index is 0.173. The topological polar surface area (TPSA) is 118 Å². The molecule has 0 saturated heterocycles. The van der Waals surface area contributed by atoms with Crippen molar-refractivity contribution in [2.45, 2.75) is 18.4 Å². The summed E-state index contributed by atoms with van der Waals surface area (Å²) < 4.78 is 26.5. The van der Waals surface area contributed by atoms with Gasteiger partial charge in [-0.2, -0.15) is 8.42 Å². The standard InChI is InChI=1S/C11H11ClN4O4S/c1-2-10-13-6-11(14-10)21(19,20)15-8-5-7(12)3-4-9(8)16(17)18/h3-6,15H,2H2,1H3,(H,13,14). The van der Waals surface area contributed by atoms with Gasteiger partial charge in [-0.1, -0.05) is 18.5 Å². The molecule has 112 valence electrons. The third-order valence-corrected chi connectivity index (χ3v) is 4.14. The van der Waals surface area contributed by atoms with Gasteiger partial charge in [-0.15, -0.1) is 0 Å². The molecule has 0 bridgehead atoms. The molecule has 0 radical (unpaired) electrons. The summed E-state index contributed by atoms with van der Waals surface area (Å²) in [6, 6.07) is 3.61. The van der Waals surface area contributed by atoms with E-state index in [9.17, 15) is 18.5 Å². The first-order valence-electron chi connectivity index (χ1n) is 5.84. The van der Waals surface area contributed by atoms with Gasteiger partial charge in [0, 0.05) is 17.5 Å². The Morgan fingerprint density at radius 2 is 2.19 bits per heavy atom. The van der Waals surface area contributed by atoms with Gasteiger partial charge in [-0.25, -0.2) is 4.98 Å². The van der Waals surface area contributed by atoms with Gasteiger partial charge in [0.2, 0.25) is 0 Å². The lowest BCUT2D eigenvalue weighted by Crippen LogP contribution is -2.14. The Labute approximate surface area is 125 Å². The minimum atomic E-state index is -4.01. The highest BCUT2D eigenvalue weighted by Gasteiger charge is 2.22. The zero-order valence-corrected chi connectivity index (χ0v) is 12.4. The monoisotopic (exact) mass is 330 g/mol. The molecular formula is C11H11ClN4O4S. The summed E-state index contributed by atoms with van der Waals surface area (Å²) >= 11 is 5.75. The maximum Gasteiger partial charge on any atom is 0.293 e. The Bertz CT molecular complexity index is 787. The Hall–Kier alpha value is -2.13. The second-order valence-electron chi connectivity index (χ2n) is 4.07. The van der Waals surface area contributed by atoms with Crippen LogP contribution in [0.1, 0.15) is 12.7 Å². The first-order valence-corrected chi connectivity index (χ1v) is 7.70. The maximum absolute atomic E-state index is 12.2. The van der Waals surface area contributed by atoms with Gasteiger partial charge < -0.3 is 4.98 Å². The Balaban J connectivity index is 2.41. The number of rotatable bonds is 5. The molecule has 8 nitrogen and oxygen atoms in total. The van der Waals surface area contributed by atoms with E-state index >= 15 is 0 Å². The summed E-state index contributed by atoms with van der Waals surface area (Å²) in [5.74, 6) is 0.496. The summed E-state index contributed by atoms with van der Waals surface area (Å²) in [5.41, 5.74) is -0.599. The summed E-state index contributed by atoms with van der Waals surface area (Å²) in [4.78, 5) is 16.7. The number of aromatic nitrogens is 2. The minimum Gasteiger partial charge on any atom is -0.332 e. The highest BCUT2D eigenvalue weighted by atomic mass is 35.5. The number of aromatic amines is 1. The number of H-pyrrole nitrogens is 1. The van der Waals surface area contributed by atoms with E-state index in [1.54, 1.807) is 0 Å². The van der Waals surface area contributed by atoms with Crippen molar-refractivity contribution in [3.05, 3.63) is 45.4 Å². The maximum atomic E-state index is 12.2. The number of benzene rings is 1. The molecule has 1 aromatic carbocycles. The first kappa shape index (κ1) is 15.3. The molecule has 2 N–H and O–H groups in total. The van der Waals surface area contributed by atoms with E-state index in [0.29, 0.717) is 12.2 Å². The van der Waals surface area contributed by atoms with Crippen molar-refractivity contribution in [2.75, 3.05) is 4.72 Å². The predicted molar refractivity (Wildman–Crippen MR) is 76.9 cm³/mol. The molecule has 2 aromatic rings. The molecule has 0 saturated carbocycles. The third kappa shape index (κ3) is 3.31. The van der Waals surface area contributed by atoms with E-state index < -0.39 is 20.6 Å². The largest absolute Gasteiger partial charge is 0.332 e. The van der Waals surface area contributed by atoms with Crippen molar-refractivity contribution < 1.29 is 13.3 Å². The van der Waals surface area contributed by atoms with Crippen LogP contribution in [0.25, 0.3) is 0 Å². The number of nitro groups is 1. The molecule has 0 unspecified atom stereocenters. The number of nitro benzene ring substituents is 1. The van der Waals surface area contributed by atoms with Gasteiger partial charge >= 0.3 is 0 Å². The van der Waals surface area contributed by atoms with Crippen LogP contribution < -0.4 is 4.72 Å². The summed E-state index contributed by atoms with van der Waals surface area (Å²) in [5, 5.41) is 10.9. The van der Waals surface area contributed by atoms with Gasteiger partial charge in [0.05, 0.1) is 11.1 Å². The highest BCUT2D eigenvalue weighted by molar-refractivity contribution is 7.92. The van der Waals surface area contributed by atoms with Crippen molar-refractivity contribution >= 4 is 33.0 Å². The number of anilines is 1. The molecule has 10 heteroatoms. The van der Waals surface area contributed by atoms with Crippen LogP contribution in [0.15, 0.2) is 29.4 Å². The van der Waals surface area contributed by atoms with Crippen LogP contribution in [0.5, 0.6) is 0 Å². The van der Waals surface area contributed by atoms with Gasteiger partial charge in [-0.3, -0.25) is 14.8 Å². The number of sulfonamides is 1. The Morgan fingerprint density at radius 1 is 1.48 bits per heavy atom. The molecule has 1 heterocycles. The molecule has 0 fully saturated rings. The summed E-state index contributed by atoms with van der Waals surface area (Å²) in [6.45, 7) is 1.81. The average molecular weight is 331 g/mol. The molecule has 2 rings (SSSR count). The van der Waals surface area contributed by atoms with Crippen LogP contribution >= 0.6 is 11.6 Å². The Kier molecular flexibility index (Phi) is 4.14. The average Bonchev–Trinajstić information content (AvgIpc) is 2.87. The van der Waals surface area contributed by atoms with Crippen LogP contribution in [0.4, 0.5) is 11.4 Å². The zero-order chi connectivity index (χ0) is 15.6. The van der Waals surface area contributed by atoms with Crippen LogP contribution in [0.3, 0.4) is 0 Å². The normalized spacial score (nSPS) is 11.3. The molecule has 0 spiro atoms. The van der Waals surface area contributed by atoms with Crippen LogP contribution in [0.2, 0.25) is 5.02 Å². The molecule has 0 atom stereocenters. The second kappa shape index (κ2) is 5.70. The SMILES string of the molecule is CCc1ncc(S(=O)(=O)Nc2cc(Cl)ccc2[N+](=O)[O-])[nH]1. The summed E-state index contributed by atoms with van der Waals surface area (Å²) in [6.07, 6.45) is 1.68. The van der Waals surface area contributed by atoms with E-state index in [-0.39, 0.29) is 15.7 Å². The van der Waals surface area contributed by atoms with Crippen LogP contribution in [-0.4, -0.2) is 23.3 Å². The highest BCUT2D eigenvalue weighted by Crippen LogP contribution is 2.29. The van der Waals surface area contributed by atoms with Crippen LogP contribution in [0, 0.1) is 10.1 Å². The lowest BCUT2D eigenvalue weighted by atomic mass is 10.3. The van der Waals surface area contributed by atoms with E-state index in [1.165, 1.54) is 12.1 Å². The molecule has 0 amide bonds.